The average Bonchev–Trinajstić information content (AvgIpc) is 2.70. The van der Waals surface area contributed by atoms with Crippen LogP contribution in [0.15, 0.2) is 24.3 Å². The van der Waals surface area contributed by atoms with Gasteiger partial charge in [0.1, 0.15) is 5.75 Å². The third-order valence-corrected chi connectivity index (χ3v) is 3.07. The van der Waals surface area contributed by atoms with Crippen LogP contribution >= 0.6 is 0 Å². The molecule has 0 radical (unpaired) electrons. The second kappa shape index (κ2) is 4.14. The van der Waals surface area contributed by atoms with Crippen LogP contribution in [0.3, 0.4) is 0 Å². The molecule has 0 spiro atoms. The molecule has 16 heavy (non-hydrogen) atoms. The topological polar surface area (TPSA) is 75.4 Å². The SMILES string of the molecule is NC1(C(=O)Nc2ccc(O)cc2)CCCC1. The highest BCUT2D eigenvalue weighted by Crippen LogP contribution is 2.28. The molecule has 0 atom stereocenters. The molecule has 1 aromatic carbocycles. The van der Waals surface area contributed by atoms with Crippen molar-refractivity contribution in [3.63, 3.8) is 0 Å². The van der Waals surface area contributed by atoms with Gasteiger partial charge in [0.15, 0.2) is 0 Å². The van der Waals surface area contributed by atoms with Gasteiger partial charge >= 0.3 is 0 Å². The van der Waals surface area contributed by atoms with Gasteiger partial charge in [-0.1, -0.05) is 12.8 Å². The van der Waals surface area contributed by atoms with Crippen LogP contribution in [0, 0.1) is 0 Å². The van der Waals surface area contributed by atoms with Gasteiger partial charge in [-0.3, -0.25) is 4.79 Å². The van der Waals surface area contributed by atoms with Crippen LogP contribution in [0.2, 0.25) is 0 Å². The van der Waals surface area contributed by atoms with Gasteiger partial charge in [-0.25, -0.2) is 0 Å². The number of anilines is 1. The van der Waals surface area contributed by atoms with Gasteiger partial charge in [0.25, 0.3) is 0 Å². The number of benzene rings is 1. The van der Waals surface area contributed by atoms with Gasteiger partial charge in [0.2, 0.25) is 5.91 Å². The molecule has 4 N–H and O–H groups in total. The molecule has 0 bridgehead atoms. The second-order valence-corrected chi connectivity index (χ2v) is 4.36. The minimum atomic E-state index is -0.710. The number of amides is 1. The standard InChI is InChI=1S/C12H16N2O2/c13-12(7-1-2-8-12)11(16)14-9-3-5-10(15)6-4-9/h3-6,15H,1-2,7-8,13H2,(H,14,16). The lowest BCUT2D eigenvalue weighted by atomic mass is 9.98. The van der Waals surface area contributed by atoms with Crippen molar-refractivity contribution in [3.05, 3.63) is 24.3 Å². The van der Waals surface area contributed by atoms with Crippen molar-refractivity contribution in [3.8, 4) is 5.75 Å². The zero-order chi connectivity index (χ0) is 11.6. The normalized spacial score (nSPS) is 18.3. The zero-order valence-corrected chi connectivity index (χ0v) is 9.07. The van der Waals surface area contributed by atoms with Crippen molar-refractivity contribution < 1.29 is 9.90 Å². The second-order valence-electron chi connectivity index (χ2n) is 4.36. The number of aromatic hydroxyl groups is 1. The van der Waals surface area contributed by atoms with E-state index in [1.807, 2.05) is 0 Å². The van der Waals surface area contributed by atoms with Crippen LogP contribution in [0.5, 0.6) is 5.75 Å². The van der Waals surface area contributed by atoms with E-state index in [-0.39, 0.29) is 11.7 Å². The maximum atomic E-state index is 11.9. The first kappa shape index (κ1) is 11.0. The average molecular weight is 220 g/mol. The molecule has 0 heterocycles. The van der Waals surface area contributed by atoms with E-state index >= 15 is 0 Å². The Morgan fingerprint density at radius 3 is 2.38 bits per heavy atom. The molecular formula is C12H16N2O2. The van der Waals surface area contributed by atoms with E-state index < -0.39 is 5.54 Å². The minimum Gasteiger partial charge on any atom is -0.508 e. The molecule has 0 saturated heterocycles. The van der Waals surface area contributed by atoms with E-state index in [1.165, 1.54) is 12.1 Å². The Kier molecular flexibility index (Phi) is 2.83. The predicted molar refractivity (Wildman–Crippen MR) is 62.1 cm³/mol. The smallest absolute Gasteiger partial charge is 0.244 e. The summed E-state index contributed by atoms with van der Waals surface area (Å²) in [6.07, 6.45) is 3.52. The first-order valence-electron chi connectivity index (χ1n) is 5.49. The predicted octanol–water partition coefficient (Wildman–Crippen LogP) is 1.60. The van der Waals surface area contributed by atoms with Gasteiger partial charge in [-0.2, -0.15) is 0 Å². The minimum absolute atomic E-state index is 0.129. The number of nitrogens with two attached hydrogens (primary N) is 1. The fourth-order valence-electron chi connectivity index (χ4n) is 2.03. The van der Waals surface area contributed by atoms with Gasteiger partial charge < -0.3 is 16.2 Å². The maximum Gasteiger partial charge on any atom is 0.244 e. The molecule has 4 heteroatoms. The van der Waals surface area contributed by atoms with E-state index in [4.69, 9.17) is 10.8 Å². The van der Waals surface area contributed by atoms with Gasteiger partial charge in [-0.05, 0) is 37.1 Å². The van der Waals surface area contributed by atoms with Gasteiger partial charge in [0, 0.05) is 5.69 Å². The summed E-state index contributed by atoms with van der Waals surface area (Å²) in [7, 11) is 0. The summed E-state index contributed by atoms with van der Waals surface area (Å²) in [6.45, 7) is 0. The quantitative estimate of drug-likeness (QED) is 0.663. The number of carbonyl (C=O) groups excluding carboxylic acids is 1. The highest BCUT2D eigenvalue weighted by atomic mass is 16.3. The molecule has 0 aliphatic heterocycles. The summed E-state index contributed by atoms with van der Waals surface area (Å²) in [5, 5.41) is 11.9. The lowest BCUT2D eigenvalue weighted by molar-refractivity contribution is -0.121. The van der Waals surface area contributed by atoms with Gasteiger partial charge in [0.05, 0.1) is 5.54 Å². The van der Waals surface area contributed by atoms with Crippen molar-refractivity contribution in [2.24, 2.45) is 5.73 Å². The van der Waals surface area contributed by atoms with Crippen LogP contribution in [0.25, 0.3) is 0 Å². The molecule has 1 aromatic rings. The summed E-state index contributed by atoms with van der Waals surface area (Å²) in [4.78, 5) is 11.9. The fourth-order valence-corrected chi connectivity index (χ4v) is 2.03. The van der Waals surface area contributed by atoms with E-state index in [0.717, 1.165) is 25.7 Å². The largest absolute Gasteiger partial charge is 0.508 e. The van der Waals surface area contributed by atoms with Crippen LogP contribution < -0.4 is 11.1 Å². The molecule has 86 valence electrons. The Balaban J connectivity index is 2.04. The summed E-state index contributed by atoms with van der Waals surface area (Å²) in [6, 6.07) is 6.39. The van der Waals surface area contributed by atoms with Crippen LogP contribution in [0.4, 0.5) is 5.69 Å². The number of rotatable bonds is 2. The maximum absolute atomic E-state index is 11.9. The number of carbonyl (C=O) groups is 1. The third-order valence-electron chi connectivity index (χ3n) is 3.07. The highest BCUT2D eigenvalue weighted by Gasteiger charge is 2.36. The van der Waals surface area contributed by atoms with E-state index in [2.05, 4.69) is 5.32 Å². The first-order valence-corrected chi connectivity index (χ1v) is 5.49. The molecule has 1 amide bonds. The lowest BCUT2D eigenvalue weighted by Crippen LogP contribution is -2.48. The zero-order valence-electron chi connectivity index (χ0n) is 9.07. The fraction of sp³-hybridized carbons (Fsp3) is 0.417. The molecule has 1 aliphatic rings. The lowest BCUT2D eigenvalue weighted by Gasteiger charge is -2.22. The molecule has 1 aliphatic carbocycles. The molecule has 1 fully saturated rings. The molecule has 2 rings (SSSR count). The molecule has 4 nitrogen and oxygen atoms in total. The molecular weight excluding hydrogens is 204 g/mol. The van der Waals surface area contributed by atoms with Crippen molar-refractivity contribution in [1.82, 2.24) is 0 Å². The van der Waals surface area contributed by atoms with Crippen LogP contribution in [0.1, 0.15) is 25.7 Å². The van der Waals surface area contributed by atoms with Crippen molar-refractivity contribution >= 4 is 11.6 Å². The Morgan fingerprint density at radius 1 is 1.25 bits per heavy atom. The van der Waals surface area contributed by atoms with E-state index in [9.17, 15) is 4.79 Å². The number of phenols is 1. The number of hydrogen-bond acceptors (Lipinski definition) is 3. The highest BCUT2D eigenvalue weighted by molar-refractivity contribution is 5.98. The van der Waals surface area contributed by atoms with Crippen LogP contribution in [-0.4, -0.2) is 16.6 Å². The van der Waals surface area contributed by atoms with E-state index in [0.29, 0.717) is 5.69 Å². The van der Waals surface area contributed by atoms with Crippen molar-refractivity contribution in [2.45, 2.75) is 31.2 Å². The van der Waals surface area contributed by atoms with E-state index in [1.54, 1.807) is 12.1 Å². The number of phenolic OH excluding ortho intramolecular Hbond substituents is 1. The molecule has 0 unspecified atom stereocenters. The monoisotopic (exact) mass is 220 g/mol. The summed E-state index contributed by atoms with van der Waals surface area (Å²) >= 11 is 0. The van der Waals surface area contributed by atoms with Crippen LogP contribution in [-0.2, 0) is 4.79 Å². The molecule has 0 aromatic heterocycles. The summed E-state index contributed by atoms with van der Waals surface area (Å²) in [5.74, 6) is 0.0528. The third kappa shape index (κ3) is 2.17. The van der Waals surface area contributed by atoms with Crippen molar-refractivity contribution in [1.29, 1.82) is 0 Å². The molecule has 1 saturated carbocycles. The Labute approximate surface area is 94.5 Å². The Hall–Kier alpha value is -1.55. The number of hydrogen-bond donors (Lipinski definition) is 3. The Bertz CT molecular complexity index is 381. The Morgan fingerprint density at radius 2 is 1.81 bits per heavy atom. The first-order chi connectivity index (χ1) is 7.60. The van der Waals surface area contributed by atoms with Crippen molar-refractivity contribution in [2.75, 3.05) is 5.32 Å². The summed E-state index contributed by atoms with van der Waals surface area (Å²) < 4.78 is 0. The summed E-state index contributed by atoms with van der Waals surface area (Å²) in [5.41, 5.74) is 5.97. The number of nitrogens with one attached hydrogen (secondary N) is 1. The van der Waals surface area contributed by atoms with Gasteiger partial charge in [-0.15, -0.1) is 0 Å².